The number of aryl methyl sites for hydroxylation is 2. The molecule has 2 aromatic heterocycles. The number of aromatic nitrogens is 3. The number of carbonyl (C=O) groups excluding carboxylic acids is 1. The Balaban J connectivity index is 1.62. The highest BCUT2D eigenvalue weighted by atomic mass is 32.1. The summed E-state index contributed by atoms with van der Waals surface area (Å²) in [5, 5.41) is 5.53. The van der Waals surface area contributed by atoms with E-state index in [9.17, 15) is 4.79 Å². The van der Waals surface area contributed by atoms with E-state index in [1.165, 1.54) is 11.1 Å². The second-order valence-corrected chi connectivity index (χ2v) is 8.23. The van der Waals surface area contributed by atoms with Gasteiger partial charge in [-0.15, -0.1) is 0 Å². The lowest BCUT2D eigenvalue weighted by molar-refractivity contribution is 0.0963. The van der Waals surface area contributed by atoms with E-state index >= 15 is 0 Å². The lowest BCUT2D eigenvalue weighted by atomic mass is 9.81. The smallest absolute Gasteiger partial charge is 0.211 e. The van der Waals surface area contributed by atoms with Crippen LogP contribution in [0.4, 0.5) is 0 Å². The minimum atomic E-state index is 0.188. The van der Waals surface area contributed by atoms with E-state index < -0.39 is 0 Å². The maximum absolute atomic E-state index is 12.9. The number of rotatable bonds is 2. The van der Waals surface area contributed by atoms with Crippen molar-refractivity contribution in [1.29, 1.82) is 0 Å². The number of hydrogen-bond donors (Lipinski definition) is 0. The van der Waals surface area contributed by atoms with Gasteiger partial charge in [-0.2, -0.15) is 5.10 Å². The molecule has 1 aliphatic carbocycles. The fourth-order valence-corrected chi connectivity index (χ4v) is 4.97. The monoisotopic (exact) mass is 373 g/mol. The molecule has 0 bridgehead atoms. The zero-order chi connectivity index (χ0) is 18.5. The second kappa shape index (κ2) is 6.13. The highest BCUT2D eigenvalue weighted by molar-refractivity contribution is 7.20. The Morgan fingerprint density at radius 1 is 1.07 bits per heavy atom. The molecule has 4 aromatic rings. The van der Waals surface area contributed by atoms with Gasteiger partial charge in [0.15, 0.2) is 5.78 Å². The molecule has 5 rings (SSSR count). The first-order valence-electron chi connectivity index (χ1n) is 9.14. The highest BCUT2D eigenvalue weighted by Gasteiger charge is 2.32. The summed E-state index contributed by atoms with van der Waals surface area (Å²) in [6.45, 7) is 4.02. The molecular formula is C22H19N3OS. The van der Waals surface area contributed by atoms with Crippen LogP contribution in [0.5, 0.6) is 0 Å². The van der Waals surface area contributed by atoms with E-state index in [0.29, 0.717) is 6.42 Å². The van der Waals surface area contributed by atoms with Crippen molar-refractivity contribution >= 4 is 27.3 Å². The van der Waals surface area contributed by atoms with Gasteiger partial charge in [-0.3, -0.25) is 4.79 Å². The van der Waals surface area contributed by atoms with Crippen LogP contribution in [0.2, 0.25) is 0 Å². The predicted octanol–water partition coefficient (Wildman–Crippen LogP) is 5.01. The van der Waals surface area contributed by atoms with Crippen molar-refractivity contribution in [3.8, 4) is 5.13 Å². The van der Waals surface area contributed by atoms with Gasteiger partial charge in [0.1, 0.15) is 0 Å². The first-order chi connectivity index (χ1) is 13.1. The Bertz CT molecular complexity index is 1150. The van der Waals surface area contributed by atoms with E-state index in [4.69, 9.17) is 10.1 Å². The van der Waals surface area contributed by atoms with Crippen molar-refractivity contribution in [3.05, 3.63) is 76.6 Å². The minimum absolute atomic E-state index is 0.188. The average molecular weight is 373 g/mol. The Kier molecular flexibility index (Phi) is 3.72. The Morgan fingerprint density at radius 3 is 2.74 bits per heavy atom. The number of carbonyl (C=O) groups is 1. The summed E-state index contributed by atoms with van der Waals surface area (Å²) in [5.41, 5.74) is 6.01. The lowest BCUT2D eigenvalue weighted by Crippen LogP contribution is -2.20. The second-order valence-electron chi connectivity index (χ2n) is 7.23. The number of para-hydroxylation sites is 1. The molecule has 4 nitrogen and oxygen atoms in total. The zero-order valence-corrected chi connectivity index (χ0v) is 16.1. The lowest BCUT2D eigenvalue weighted by Gasteiger charge is -2.23. The number of Topliss-reactive ketones (excluding diaryl/α,β-unsaturated/α-hetero) is 1. The Hall–Kier alpha value is -2.79. The van der Waals surface area contributed by atoms with Crippen LogP contribution in [-0.2, 0) is 6.42 Å². The summed E-state index contributed by atoms with van der Waals surface area (Å²) in [6.07, 6.45) is 1.35. The van der Waals surface area contributed by atoms with Gasteiger partial charge in [-0.1, -0.05) is 53.3 Å². The molecule has 0 spiro atoms. The van der Waals surface area contributed by atoms with Crippen LogP contribution in [0, 0.1) is 13.8 Å². The van der Waals surface area contributed by atoms with Gasteiger partial charge in [0.05, 0.1) is 27.2 Å². The first kappa shape index (κ1) is 16.4. The van der Waals surface area contributed by atoms with Crippen molar-refractivity contribution in [2.75, 3.05) is 0 Å². The third-order valence-electron chi connectivity index (χ3n) is 5.28. The topological polar surface area (TPSA) is 47.8 Å². The third-order valence-corrected chi connectivity index (χ3v) is 6.30. The number of hydrogen-bond acceptors (Lipinski definition) is 4. The molecule has 0 saturated carbocycles. The molecule has 0 aliphatic heterocycles. The molecule has 0 fully saturated rings. The third kappa shape index (κ3) is 2.70. The van der Waals surface area contributed by atoms with Crippen LogP contribution in [0.1, 0.15) is 45.2 Å². The summed E-state index contributed by atoms with van der Waals surface area (Å²) < 4.78 is 3.03. The standard InChI is InChI=1S/C22H19N3OS/c1-13-6-5-7-15(10-13)16-11-18-21(19(26)12-16)14(2)24-25(18)22-23-17-8-3-4-9-20(17)27-22/h3-10,16H,11-12H2,1-2H3/t16-/m0/s1. The summed E-state index contributed by atoms with van der Waals surface area (Å²) in [7, 11) is 0. The fourth-order valence-electron chi connectivity index (χ4n) is 4.03. The van der Waals surface area contributed by atoms with Crippen LogP contribution in [0.25, 0.3) is 15.3 Å². The van der Waals surface area contributed by atoms with Gasteiger partial charge < -0.3 is 0 Å². The van der Waals surface area contributed by atoms with E-state index in [1.54, 1.807) is 11.3 Å². The van der Waals surface area contributed by atoms with Crippen molar-refractivity contribution in [3.63, 3.8) is 0 Å². The maximum Gasteiger partial charge on any atom is 0.211 e. The number of nitrogens with zero attached hydrogens (tertiary/aromatic N) is 3. The molecule has 0 saturated heterocycles. The molecule has 0 radical (unpaired) electrons. The Labute approximate surface area is 161 Å². The quantitative estimate of drug-likeness (QED) is 0.496. The van der Waals surface area contributed by atoms with Crippen LogP contribution in [0.3, 0.4) is 0 Å². The van der Waals surface area contributed by atoms with Crippen molar-refractivity contribution in [1.82, 2.24) is 14.8 Å². The van der Waals surface area contributed by atoms with Crippen molar-refractivity contribution < 1.29 is 4.79 Å². The summed E-state index contributed by atoms with van der Waals surface area (Å²) in [6, 6.07) is 16.6. The van der Waals surface area contributed by atoms with Crippen LogP contribution >= 0.6 is 11.3 Å². The SMILES string of the molecule is Cc1cccc([C@@H]2CC(=O)c3c(C)nn(-c4nc5ccccc5s4)c3C2)c1. The minimum Gasteiger partial charge on any atom is -0.294 e. The summed E-state index contributed by atoms with van der Waals surface area (Å²) in [4.78, 5) is 17.7. The molecule has 5 heteroatoms. The summed E-state index contributed by atoms with van der Waals surface area (Å²) >= 11 is 1.62. The molecule has 2 aromatic carbocycles. The molecular weight excluding hydrogens is 354 g/mol. The number of fused-ring (bicyclic) bond motifs is 2. The average Bonchev–Trinajstić information content (AvgIpc) is 3.23. The van der Waals surface area contributed by atoms with Gasteiger partial charge in [0.2, 0.25) is 5.13 Å². The van der Waals surface area contributed by atoms with Gasteiger partial charge >= 0.3 is 0 Å². The number of ketones is 1. The first-order valence-corrected chi connectivity index (χ1v) is 9.96. The molecule has 134 valence electrons. The zero-order valence-electron chi connectivity index (χ0n) is 15.3. The van der Waals surface area contributed by atoms with E-state index in [-0.39, 0.29) is 11.7 Å². The highest BCUT2D eigenvalue weighted by Crippen LogP contribution is 2.36. The number of benzene rings is 2. The van der Waals surface area contributed by atoms with Crippen LogP contribution in [0.15, 0.2) is 48.5 Å². The number of thiazole rings is 1. The molecule has 27 heavy (non-hydrogen) atoms. The fraction of sp³-hybridized carbons (Fsp3) is 0.227. The van der Waals surface area contributed by atoms with Gasteiger partial charge in [0.25, 0.3) is 0 Å². The predicted molar refractivity (Wildman–Crippen MR) is 108 cm³/mol. The van der Waals surface area contributed by atoms with Crippen molar-refractivity contribution in [2.45, 2.75) is 32.6 Å². The van der Waals surface area contributed by atoms with E-state index in [0.717, 1.165) is 38.7 Å². The van der Waals surface area contributed by atoms with Gasteiger partial charge in [-0.05, 0) is 43.9 Å². The van der Waals surface area contributed by atoms with Crippen LogP contribution < -0.4 is 0 Å². The van der Waals surface area contributed by atoms with Crippen LogP contribution in [-0.4, -0.2) is 20.5 Å². The maximum atomic E-state index is 12.9. The molecule has 1 aliphatic rings. The van der Waals surface area contributed by atoms with E-state index in [2.05, 4.69) is 37.3 Å². The van der Waals surface area contributed by atoms with Crippen molar-refractivity contribution in [2.24, 2.45) is 0 Å². The van der Waals surface area contributed by atoms with Gasteiger partial charge in [-0.25, -0.2) is 9.67 Å². The molecule has 0 N–H and O–H groups in total. The van der Waals surface area contributed by atoms with Gasteiger partial charge in [0, 0.05) is 6.42 Å². The largest absolute Gasteiger partial charge is 0.294 e. The Morgan fingerprint density at radius 2 is 1.93 bits per heavy atom. The molecule has 0 amide bonds. The molecule has 0 unspecified atom stereocenters. The summed E-state index contributed by atoms with van der Waals surface area (Å²) in [5.74, 6) is 0.377. The molecule has 1 atom stereocenters. The molecule has 2 heterocycles. The normalized spacial score (nSPS) is 16.7. The van der Waals surface area contributed by atoms with E-state index in [1.807, 2.05) is 29.8 Å².